The van der Waals surface area contributed by atoms with E-state index in [9.17, 15) is 9.59 Å². The van der Waals surface area contributed by atoms with Gasteiger partial charge >= 0.3 is 0 Å². The smallest absolute Gasteiger partial charge is 0.256 e. The van der Waals surface area contributed by atoms with Crippen LogP contribution in [0.2, 0.25) is 0 Å². The Morgan fingerprint density at radius 2 is 1.97 bits per heavy atom. The summed E-state index contributed by atoms with van der Waals surface area (Å²) in [5, 5.41) is 2.90. The molecule has 1 fully saturated rings. The second-order valence-electron chi connectivity index (χ2n) is 8.87. The van der Waals surface area contributed by atoms with E-state index in [0.29, 0.717) is 23.4 Å². The summed E-state index contributed by atoms with van der Waals surface area (Å²) >= 11 is 0. The molecule has 33 heavy (non-hydrogen) atoms. The highest BCUT2D eigenvalue weighted by Gasteiger charge is 2.27. The molecule has 2 aliphatic rings. The summed E-state index contributed by atoms with van der Waals surface area (Å²) in [4.78, 5) is 33.8. The zero-order chi connectivity index (χ0) is 23.5. The number of H-pyrrole nitrogens is 1. The summed E-state index contributed by atoms with van der Waals surface area (Å²) in [6.45, 7) is 10.5. The van der Waals surface area contributed by atoms with E-state index in [1.807, 2.05) is 49.9 Å². The largest absolute Gasteiger partial charge is 0.497 e. The average molecular weight is 451 g/mol. The summed E-state index contributed by atoms with van der Waals surface area (Å²) < 4.78 is 5.26. The molecule has 4 rings (SSSR count). The van der Waals surface area contributed by atoms with Crippen LogP contribution in [0.25, 0.3) is 11.6 Å². The number of likely N-dealkylation sites (N-methyl/N-ethyl adjacent to an activating group) is 1. The molecule has 0 atom stereocenters. The number of aromatic nitrogens is 1. The summed E-state index contributed by atoms with van der Waals surface area (Å²) in [5.74, 6) is 0.584. The highest BCUT2D eigenvalue weighted by molar-refractivity contribution is 6.35. The van der Waals surface area contributed by atoms with Crippen LogP contribution in [0, 0.1) is 13.8 Å². The third kappa shape index (κ3) is 4.69. The Bertz CT molecular complexity index is 1080. The van der Waals surface area contributed by atoms with E-state index in [-0.39, 0.29) is 11.8 Å². The SMILES string of the molecule is CCN(CCN1CCCCC1)C(=O)c1c(C)[nH]c(/C=C2\C(=O)Nc3cc(OC)ccc32)c1C. The minimum absolute atomic E-state index is 0.0476. The van der Waals surface area contributed by atoms with E-state index in [1.165, 1.54) is 19.3 Å². The zero-order valence-corrected chi connectivity index (χ0v) is 20.1. The lowest BCUT2D eigenvalue weighted by atomic mass is 10.0. The lowest BCUT2D eigenvalue weighted by Gasteiger charge is -2.29. The molecular formula is C26H34N4O3. The van der Waals surface area contributed by atoms with Gasteiger partial charge in [-0.15, -0.1) is 0 Å². The first-order valence-corrected chi connectivity index (χ1v) is 11.8. The fraction of sp³-hybridized carbons (Fsp3) is 0.462. The van der Waals surface area contributed by atoms with Gasteiger partial charge in [0.05, 0.1) is 23.9 Å². The van der Waals surface area contributed by atoms with Crippen molar-refractivity contribution >= 4 is 29.2 Å². The number of methoxy groups -OCH3 is 1. The van der Waals surface area contributed by atoms with Gasteiger partial charge in [0, 0.05) is 42.7 Å². The standard InChI is InChI=1S/C26H34N4O3/c1-5-30(14-13-29-11-7-6-8-12-29)26(32)24-17(2)22(27-18(24)3)16-21-20-10-9-19(33-4)15-23(20)28-25(21)31/h9-10,15-16,27H,5-8,11-14H2,1-4H3,(H,28,31)/b21-16-. The fourth-order valence-corrected chi connectivity index (χ4v) is 4.83. The van der Waals surface area contributed by atoms with Gasteiger partial charge in [-0.1, -0.05) is 6.42 Å². The lowest BCUT2D eigenvalue weighted by Crippen LogP contribution is -2.40. The molecule has 7 heteroatoms. The number of likely N-dealkylation sites (tertiary alicyclic amines) is 1. The van der Waals surface area contributed by atoms with Crippen molar-refractivity contribution in [3.05, 3.63) is 46.3 Å². The number of nitrogens with one attached hydrogen (secondary N) is 2. The number of ether oxygens (including phenoxy) is 1. The van der Waals surface area contributed by atoms with Gasteiger partial charge in [-0.3, -0.25) is 9.59 Å². The fourth-order valence-electron chi connectivity index (χ4n) is 4.83. The zero-order valence-electron chi connectivity index (χ0n) is 20.1. The molecule has 176 valence electrons. The van der Waals surface area contributed by atoms with Crippen molar-refractivity contribution in [3.8, 4) is 5.75 Å². The number of aryl methyl sites for hydroxylation is 1. The third-order valence-electron chi connectivity index (χ3n) is 6.79. The number of anilines is 1. The second-order valence-corrected chi connectivity index (χ2v) is 8.87. The Morgan fingerprint density at radius 1 is 1.21 bits per heavy atom. The number of benzene rings is 1. The summed E-state index contributed by atoms with van der Waals surface area (Å²) in [5.41, 5.74) is 5.33. The minimum atomic E-state index is -0.158. The Morgan fingerprint density at radius 3 is 2.67 bits per heavy atom. The molecule has 0 aliphatic carbocycles. The Kier molecular flexibility index (Phi) is 6.88. The van der Waals surface area contributed by atoms with Crippen molar-refractivity contribution in [2.75, 3.05) is 45.2 Å². The monoisotopic (exact) mass is 450 g/mol. The molecule has 1 aromatic carbocycles. The molecule has 1 saturated heterocycles. The van der Waals surface area contributed by atoms with Gasteiger partial charge in [-0.25, -0.2) is 0 Å². The minimum Gasteiger partial charge on any atom is -0.497 e. The van der Waals surface area contributed by atoms with Crippen molar-refractivity contribution in [1.29, 1.82) is 0 Å². The van der Waals surface area contributed by atoms with Crippen LogP contribution in [-0.2, 0) is 4.79 Å². The Balaban J connectivity index is 1.57. The van der Waals surface area contributed by atoms with Crippen LogP contribution >= 0.6 is 0 Å². The Labute approximate surface area is 195 Å². The van der Waals surface area contributed by atoms with Crippen LogP contribution in [0.4, 0.5) is 5.69 Å². The molecule has 2 amide bonds. The van der Waals surface area contributed by atoms with Crippen LogP contribution in [0.15, 0.2) is 18.2 Å². The lowest BCUT2D eigenvalue weighted by molar-refractivity contribution is -0.110. The summed E-state index contributed by atoms with van der Waals surface area (Å²) in [6, 6.07) is 5.54. The number of piperidine rings is 1. The molecule has 0 unspecified atom stereocenters. The van der Waals surface area contributed by atoms with E-state index in [1.54, 1.807) is 7.11 Å². The van der Waals surface area contributed by atoms with Gasteiger partial charge < -0.3 is 24.8 Å². The van der Waals surface area contributed by atoms with Gasteiger partial charge in [0.2, 0.25) is 0 Å². The predicted octanol–water partition coefficient (Wildman–Crippen LogP) is 4.08. The number of hydrogen-bond donors (Lipinski definition) is 2. The molecule has 1 aromatic heterocycles. The number of hydrogen-bond acceptors (Lipinski definition) is 4. The van der Waals surface area contributed by atoms with E-state index in [0.717, 1.165) is 54.4 Å². The molecule has 0 radical (unpaired) electrons. The molecule has 0 spiro atoms. The molecular weight excluding hydrogens is 416 g/mol. The summed E-state index contributed by atoms with van der Waals surface area (Å²) in [7, 11) is 1.60. The predicted molar refractivity (Wildman–Crippen MR) is 132 cm³/mol. The van der Waals surface area contributed by atoms with E-state index in [4.69, 9.17) is 4.74 Å². The summed E-state index contributed by atoms with van der Waals surface area (Å²) in [6.07, 6.45) is 5.65. The first kappa shape index (κ1) is 23.1. The topological polar surface area (TPSA) is 77.7 Å². The van der Waals surface area contributed by atoms with Crippen LogP contribution in [0.5, 0.6) is 5.75 Å². The number of carbonyl (C=O) groups is 2. The molecule has 2 N–H and O–H groups in total. The van der Waals surface area contributed by atoms with Crippen molar-refractivity contribution < 1.29 is 14.3 Å². The number of nitrogens with zero attached hydrogens (tertiary/aromatic N) is 2. The number of amides is 2. The van der Waals surface area contributed by atoms with Gasteiger partial charge in [0.15, 0.2) is 0 Å². The number of aromatic amines is 1. The van der Waals surface area contributed by atoms with Crippen molar-refractivity contribution in [2.45, 2.75) is 40.0 Å². The van der Waals surface area contributed by atoms with Crippen molar-refractivity contribution in [3.63, 3.8) is 0 Å². The number of rotatable bonds is 7. The van der Waals surface area contributed by atoms with E-state index < -0.39 is 0 Å². The van der Waals surface area contributed by atoms with Crippen molar-refractivity contribution in [2.24, 2.45) is 0 Å². The average Bonchev–Trinajstić information content (AvgIpc) is 3.28. The van der Waals surface area contributed by atoms with Gasteiger partial charge in [-0.2, -0.15) is 0 Å². The molecule has 7 nitrogen and oxygen atoms in total. The number of carbonyl (C=O) groups excluding carboxylic acids is 2. The Hall–Kier alpha value is -3.06. The molecule has 0 bridgehead atoms. The highest BCUT2D eigenvalue weighted by atomic mass is 16.5. The number of fused-ring (bicyclic) bond motifs is 1. The maximum absolute atomic E-state index is 13.4. The third-order valence-corrected chi connectivity index (χ3v) is 6.79. The van der Waals surface area contributed by atoms with Crippen molar-refractivity contribution in [1.82, 2.24) is 14.8 Å². The first-order chi connectivity index (χ1) is 15.9. The maximum Gasteiger partial charge on any atom is 0.256 e. The van der Waals surface area contributed by atoms with Gasteiger partial charge in [-0.05, 0) is 70.5 Å². The van der Waals surface area contributed by atoms with E-state index >= 15 is 0 Å². The molecule has 0 saturated carbocycles. The van der Waals surface area contributed by atoms with Gasteiger partial charge in [0.25, 0.3) is 11.8 Å². The van der Waals surface area contributed by atoms with Gasteiger partial charge in [0.1, 0.15) is 5.75 Å². The second kappa shape index (κ2) is 9.83. The van der Waals surface area contributed by atoms with Crippen LogP contribution in [-0.4, -0.2) is 66.4 Å². The van der Waals surface area contributed by atoms with Crippen LogP contribution in [0.3, 0.4) is 0 Å². The molecule has 3 heterocycles. The van der Waals surface area contributed by atoms with Crippen LogP contribution < -0.4 is 10.1 Å². The first-order valence-electron chi connectivity index (χ1n) is 11.8. The quantitative estimate of drug-likeness (QED) is 0.623. The molecule has 2 aliphatic heterocycles. The normalized spacial score (nSPS) is 17.2. The maximum atomic E-state index is 13.4. The van der Waals surface area contributed by atoms with Crippen LogP contribution in [0.1, 0.15) is 59.1 Å². The van der Waals surface area contributed by atoms with E-state index in [2.05, 4.69) is 15.2 Å². The molecule has 2 aromatic rings. The highest BCUT2D eigenvalue weighted by Crippen LogP contribution is 2.36.